The lowest BCUT2D eigenvalue weighted by Crippen LogP contribution is -3.14. The summed E-state index contributed by atoms with van der Waals surface area (Å²) in [6, 6.07) is 6.01. The van der Waals surface area contributed by atoms with E-state index in [2.05, 4.69) is 18.8 Å². The van der Waals surface area contributed by atoms with Crippen LogP contribution in [0, 0.1) is 6.92 Å². The maximum atomic E-state index is 13.1. The van der Waals surface area contributed by atoms with Crippen molar-refractivity contribution in [2.24, 2.45) is 0 Å². The molecule has 1 aromatic carbocycles. The van der Waals surface area contributed by atoms with Gasteiger partial charge in [0, 0.05) is 36.4 Å². The molecular weight excluding hydrogens is 302 g/mol. The van der Waals surface area contributed by atoms with Crippen molar-refractivity contribution in [1.82, 2.24) is 4.98 Å². The molecule has 24 heavy (non-hydrogen) atoms. The van der Waals surface area contributed by atoms with Gasteiger partial charge in [-0.2, -0.15) is 0 Å². The number of aromatic amines is 1. The number of nitrogens with one attached hydrogen (secondary N) is 2. The average molecular weight is 330 g/mol. The first kappa shape index (κ1) is 17.0. The van der Waals surface area contributed by atoms with E-state index >= 15 is 0 Å². The number of H-pyrrole nitrogens is 1. The lowest BCUT2D eigenvalue weighted by atomic mass is 10.1. The molecule has 0 spiro atoms. The summed E-state index contributed by atoms with van der Waals surface area (Å²) in [4.78, 5) is 19.9. The largest absolute Gasteiger partial charge is 0.378 e. The van der Waals surface area contributed by atoms with E-state index in [0.717, 1.165) is 47.5 Å². The van der Waals surface area contributed by atoms with Crippen molar-refractivity contribution in [3.05, 3.63) is 39.7 Å². The monoisotopic (exact) mass is 330 g/mol. The fourth-order valence-electron chi connectivity index (χ4n) is 3.71. The molecule has 0 aliphatic carbocycles. The average Bonchev–Trinajstić information content (AvgIpc) is 2.50. The summed E-state index contributed by atoms with van der Waals surface area (Å²) in [6.07, 6.45) is 0.480. The van der Waals surface area contributed by atoms with Gasteiger partial charge in [0.15, 0.2) is 5.43 Å². The minimum absolute atomic E-state index is 0.157. The Balaban J connectivity index is 1.99. The zero-order valence-corrected chi connectivity index (χ0v) is 15.3. The Bertz CT molecular complexity index is 787. The second kappa shape index (κ2) is 6.57. The summed E-state index contributed by atoms with van der Waals surface area (Å²) in [5.41, 5.74) is 3.98. The van der Waals surface area contributed by atoms with Gasteiger partial charge in [-0.1, -0.05) is 0 Å². The number of aromatic nitrogens is 1. The van der Waals surface area contributed by atoms with E-state index in [4.69, 9.17) is 4.74 Å². The third kappa shape index (κ3) is 3.32. The number of pyridine rings is 1. The van der Waals surface area contributed by atoms with E-state index in [1.54, 1.807) is 0 Å². The van der Waals surface area contributed by atoms with Crippen LogP contribution in [0.1, 0.15) is 25.1 Å². The van der Waals surface area contributed by atoms with Crippen LogP contribution in [0.25, 0.3) is 10.9 Å². The summed E-state index contributed by atoms with van der Waals surface area (Å²) >= 11 is 0. The molecule has 130 valence electrons. The van der Waals surface area contributed by atoms with Crippen LogP contribution in [0.3, 0.4) is 0 Å². The van der Waals surface area contributed by atoms with Gasteiger partial charge < -0.3 is 19.5 Å². The van der Waals surface area contributed by atoms with E-state index in [1.807, 2.05) is 44.1 Å². The number of benzene rings is 1. The summed E-state index contributed by atoms with van der Waals surface area (Å²) in [6.45, 7) is 8.86. The fourth-order valence-corrected chi connectivity index (χ4v) is 3.71. The summed E-state index contributed by atoms with van der Waals surface area (Å²) < 4.78 is 5.81. The lowest BCUT2D eigenvalue weighted by Gasteiger charge is -2.32. The first-order valence-corrected chi connectivity index (χ1v) is 8.67. The predicted octanol–water partition coefficient (Wildman–Crippen LogP) is 1.09. The first-order chi connectivity index (χ1) is 11.3. The SMILES string of the molecule is Cc1[nH]c2ccc(N(C)C)cc2c(=O)c1C[NH+]1C[C@@H](C)O[C@@H](C)C1. The van der Waals surface area contributed by atoms with E-state index < -0.39 is 0 Å². The predicted molar refractivity (Wildman–Crippen MR) is 98.0 cm³/mol. The standard InChI is InChI=1S/C19H27N3O2/c1-12-9-22(10-13(2)24-12)11-17-14(3)20-18-7-6-15(21(4)5)8-16(18)19(17)23/h6-8,12-13H,9-11H2,1-5H3,(H,20,23)/p+1/t12-,13+. The number of morpholine rings is 1. The van der Waals surface area contributed by atoms with Gasteiger partial charge in [0.05, 0.1) is 5.56 Å². The molecule has 0 saturated carbocycles. The Hall–Kier alpha value is -1.85. The Morgan fingerprint density at radius 1 is 1.25 bits per heavy atom. The van der Waals surface area contributed by atoms with Gasteiger partial charge in [-0.3, -0.25) is 4.79 Å². The van der Waals surface area contributed by atoms with Crippen molar-refractivity contribution in [1.29, 1.82) is 0 Å². The number of ether oxygens (including phenoxy) is 1. The van der Waals surface area contributed by atoms with Crippen molar-refractivity contribution in [3.8, 4) is 0 Å². The highest BCUT2D eigenvalue weighted by molar-refractivity contribution is 5.83. The molecule has 1 aliphatic rings. The molecule has 2 N–H and O–H groups in total. The van der Waals surface area contributed by atoms with Gasteiger partial charge in [-0.05, 0) is 39.0 Å². The van der Waals surface area contributed by atoms with Crippen molar-refractivity contribution in [2.75, 3.05) is 32.1 Å². The third-order valence-corrected chi connectivity index (χ3v) is 4.86. The van der Waals surface area contributed by atoms with Crippen molar-refractivity contribution in [3.63, 3.8) is 0 Å². The highest BCUT2D eigenvalue weighted by Gasteiger charge is 2.27. The number of aryl methyl sites for hydroxylation is 1. The normalized spacial score (nSPS) is 24.3. The van der Waals surface area contributed by atoms with Crippen LogP contribution >= 0.6 is 0 Å². The second-order valence-electron chi connectivity index (χ2n) is 7.27. The first-order valence-electron chi connectivity index (χ1n) is 8.67. The number of hydrogen-bond donors (Lipinski definition) is 2. The second-order valence-corrected chi connectivity index (χ2v) is 7.27. The van der Waals surface area contributed by atoms with Crippen molar-refractivity contribution in [2.45, 2.75) is 39.5 Å². The molecule has 0 amide bonds. The number of nitrogens with zero attached hydrogens (tertiary/aromatic N) is 1. The zero-order valence-electron chi connectivity index (χ0n) is 15.3. The van der Waals surface area contributed by atoms with Crippen LogP contribution in [0.5, 0.6) is 0 Å². The van der Waals surface area contributed by atoms with Gasteiger partial charge >= 0.3 is 0 Å². The van der Waals surface area contributed by atoms with Gasteiger partial charge in [0.25, 0.3) is 0 Å². The topological polar surface area (TPSA) is 49.8 Å². The molecule has 5 nitrogen and oxygen atoms in total. The number of hydrogen-bond acceptors (Lipinski definition) is 3. The molecule has 0 bridgehead atoms. The van der Waals surface area contributed by atoms with Gasteiger partial charge in [-0.15, -0.1) is 0 Å². The molecule has 1 saturated heterocycles. The van der Waals surface area contributed by atoms with Crippen LogP contribution in [0.2, 0.25) is 0 Å². The number of anilines is 1. The molecule has 5 heteroatoms. The number of rotatable bonds is 3. The highest BCUT2D eigenvalue weighted by Crippen LogP contribution is 2.18. The Morgan fingerprint density at radius 2 is 1.92 bits per heavy atom. The molecule has 3 rings (SSSR count). The third-order valence-electron chi connectivity index (χ3n) is 4.86. The maximum Gasteiger partial charge on any atom is 0.198 e. The molecule has 1 fully saturated rings. The van der Waals surface area contributed by atoms with E-state index in [-0.39, 0.29) is 17.6 Å². The quantitative estimate of drug-likeness (QED) is 0.886. The van der Waals surface area contributed by atoms with Crippen LogP contribution in [-0.2, 0) is 11.3 Å². The lowest BCUT2D eigenvalue weighted by molar-refractivity contribution is -0.928. The molecule has 3 atom stereocenters. The van der Waals surface area contributed by atoms with Crippen LogP contribution in [0.15, 0.2) is 23.0 Å². The van der Waals surface area contributed by atoms with E-state index in [1.165, 1.54) is 4.90 Å². The van der Waals surface area contributed by atoms with Gasteiger partial charge in [0.1, 0.15) is 31.8 Å². The maximum absolute atomic E-state index is 13.1. The molecule has 2 heterocycles. The molecule has 1 aromatic heterocycles. The fraction of sp³-hybridized carbons (Fsp3) is 0.526. The minimum Gasteiger partial charge on any atom is -0.378 e. The minimum atomic E-state index is 0.157. The molecule has 0 radical (unpaired) electrons. The van der Waals surface area contributed by atoms with Crippen molar-refractivity contribution < 1.29 is 9.64 Å². The van der Waals surface area contributed by atoms with Gasteiger partial charge in [-0.25, -0.2) is 0 Å². The van der Waals surface area contributed by atoms with E-state index in [9.17, 15) is 4.79 Å². The smallest absolute Gasteiger partial charge is 0.198 e. The van der Waals surface area contributed by atoms with Crippen LogP contribution in [0.4, 0.5) is 5.69 Å². The highest BCUT2D eigenvalue weighted by atomic mass is 16.5. The zero-order chi connectivity index (χ0) is 17.4. The Morgan fingerprint density at radius 3 is 2.54 bits per heavy atom. The summed E-state index contributed by atoms with van der Waals surface area (Å²) in [5, 5.41) is 0.774. The number of fused-ring (bicyclic) bond motifs is 1. The molecule has 2 aromatic rings. The molecule has 1 aliphatic heterocycles. The van der Waals surface area contributed by atoms with Crippen molar-refractivity contribution >= 4 is 16.6 Å². The van der Waals surface area contributed by atoms with Gasteiger partial charge in [0.2, 0.25) is 0 Å². The summed E-state index contributed by atoms with van der Waals surface area (Å²) in [5.74, 6) is 0. The molecule has 1 unspecified atom stereocenters. The van der Waals surface area contributed by atoms with Crippen LogP contribution in [-0.4, -0.2) is 44.4 Å². The summed E-state index contributed by atoms with van der Waals surface area (Å²) in [7, 11) is 3.98. The number of quaternary nitrogens is 1. The Labute approximate surface area is 143 Å². The Kier molecular flexibility index (Phi) is 4.65. The molecular formula is C19H28N3O2+. The van der Waals surface area contributed by atoms with E-state index in [0.29, 0.717) is 0 Å². The van der Waals surface area contributed by atoms with Crippen LogP contribution < -0.4 is 15.2 Å².